The molecule has 1 aromatic heterocycles. The number of hydrogen-bond donors (Lipinski definition) is 5. The van der Waals surface area contributed by atoms with Gasteiger partial charge in [0.15, 0.2) is 0 Å². The SMILES string of the molecule is COC(=O)NC(C(=O)NN(CCC(C)(C)C)CC(O)C(Cc1ccccc1)NC(=O)C(N1CCN(Cc2ccc3nc(C)[nH]c3c2)C1=O)C(C)(C)C)C(C)(C)C. The Balaban J connectivity index is 1.57. The number of carbonyl (C=O) groups is 4. The number of aliphatic hydroxyl groups excluding tert-OH is 1. The second-order valence-corrected chi connectivity index (χ2v) is 18.4. The third-order valence-electron chi connectivity index (χ3n) is 10.0. The molecule has 2 aromatic carbocycles. The van der Waals surface area contributed by atoms with Gasteiger partial charge in [-0.05, 0) is 59.3 Å². The molecule has 14 nitrogen and oxygen atoms in total. The number of H-pyrrole nitrogens is 1. The summed E-state index contributed by atoms with van der Waals surface area (Å²) < 4.78 is 4.79. The Bertz CT molecular complexity index is 1810. The number of urea groups is 1. The minimum Gasteiger partial charge on any atom is -0.453 e. The number of aliphatic hydroxyl groups is 1. The number of imidazole rings is 1. The predicted octanol–water partition coefficient (Wildman–Crippen LogP) is 5.15. The molecular weight excluding hydrogens is 713 g/mol. The Kier molecular flexibility index (Phi) is 14.2. The van der Waals surface area contributed by atoms with Gasteiger partial charge in [-0.2, -0.15) is 0 Å². The van der Waals surface area contributed by atoms with Crippen molar-refractivity contribution < 1.29 is 29.0 Å². The number of amides is 5. The highest BCUT2D eigenvalue weighted by Gasteiger charge is 2.44. The van der Waals surface area contributed by atoms with E-state index in [1.54, 1.807) is 14.8 Å². The second kappa shape index (κ2) is 18.1. The maximum Gasteiger partial charge on any atom is 0.407 e. The molecular formula is C42H64N8O6. The summed E-state index contributed by atoms with van der Waals surface area (Å²) in [6.45, 7) is 21.1. The molecule has 1 aliphatic rings. The molecule has 0 saturated carbocycles. The van der Waals surface area contributed by atoms with Gasteiger partial charge in [0.25, 0.3) is 5.91 Å². The van der Waals surface area contributed by atoms with E-state index in [2.05, 4.69) is 46.8 Å². The van der Waals surface area contributed by atoms with Gasteiger partial charge in [0.1, 0.15) is 17.9 Å². The van der Waals surface area contributed by atoms with Crippen LogP contribution in [0.1, 0.15) is 85.7 Å². The first-order valence-corrected chi connectivity index (χ1v) is 19.5. The van der Waals surface area contributed by atoms with E-state index in [1.165, 1.54) is 7.11 Å². The monoisotopic (exact) mass is 776 g/mol. The molecule has 1 fully saturated rings. The fourth-order valence-corrected chi connectivity index (χ4v) is 6.99. The average Bonchev–Trinajstić information content (AvgIpc) is 3.64. The molecule has 1 aliphatic heterocycles. The van der Waals surface area contributed by atoms with Crippen LogP contribution in [0.25, 0.3) is 11.0 Å². The van der Waals surface area contributed by atoms with E-state index >= 15 is 0 Å². The van der Waals surface area contributed by atoms with Crippen LogP contribution in [0.4, 0.5) is 9.59 Å². The number of methoxy groups -OCH3 is 1. The van der Waals surface area contributed by atoms with Gasteiger partial charge < -0.3 is 35.3 Å². The Hall–Kier alpha value is -4.69. The van der Waals surface area contributed by atoms with E-state index in [-0.39, 0.29) is 23.9 Å². The molecule has 4 unspecified atom stereocenters. The van der Waals surface area contributed by atoms with Crippen LogP contribution in [0.15, 0.2) is 48.5 Å². The zero-order chi connectivity index (χ0) is 41.6. The summed E-state index contributed by atoms with van der Waals surface area (Å²) in [5.41, 5.74) is 5.17. The average molecular weight is 777 g/mol. The van der Waals surface area contributed by atoms with Crippen molar-refractivity contribution in [3.05, 3.63) is 65.5 Å². The summed E-state index contributed by atoms with van der Waals surface area (Å²) >= 11 is 0. The van der Waals surface area contributed by atoms with Crippen LogP contribution in [0.3, 0.4) is 0 Å². The highest BCUT2D eigenvalue weighted by Crippen LogP contribution is 2.29. The highest BCUT2D eigenvalue weighted by atomic mass is 16.5. The minimum absolute atomic E-state index is 0.0223. The van der Waals surface area contributed by atoms with Crippen LogP contribution >= 0.6 is 0 Å². The van der Waals surface area contributed by atoms with E-state index in [9.17, 15) is 24.3 Å². The molecule has 0 aliphatic carbocycles. The van der Waals surface area contributed by atoms with Gasteiger partial charge in [-0.1, -0.05) is 98.7 Å². The van der Waals surface area contributed by atoms with Crippen LogP contribution < -0.4 is 16.1 Å². The lowest BCUT2D eigenvalue weighted by molar-refractivity contribution is -0.133. The van der Waals surface area contributed by atoms with Gasteiger partial charge in [-0.3, -0.25) is 15.0 Å². The number of ether oxygens (including phenoxy) is 1. The summed E-state index contributed by atoms with van der Waals surface area (Å²) in [6.07, 6.45) is -0.898. The number of rotatable bonds is 15. The molecule has 3 aromatic rings. The first-order chi connectivity index (χ1) is 26.0. The predicted molar refractivity (Wildman–Crippen MR) is 217 cm³/mol. The van der Waals surface area contributed by atoms with Gasteiger partial charge in [0.2, 0.25) is 5.91 Å². The van der Waals surface area contributed by atoms with Crippen molar-refractivity contribution in [1.82, 2.24) is 40.8 Å². The third-order valence-corrected chi connectivity index (χ3v) is 10.0. The largest absolute Gasteiger partial charge is 0.453 e. The molecule has 14 heteroatoms. The van der Waals surface area contributed by atoms with Crippen LogP contribution in [0.2, 0.25) is 0 Å². The van der Waals surface area contributed by atoms with Gasteiger partial charge in [-0.15, -0.1) is 0 Å². The summed E-state index contributed by atoms with van der Waals surface area (Å²) in [5.74, 6) is -0.0145. The van der Waals surface area contributed by atoms with Crippen molar-refractivity contribution in [2.75, 3.05) is 33.3 Å². The topological polar surface area (TPSA) is 172 Å². The van der Waals surface area contributed by atoms with E-state index in [1.807, 2.05) is 97.0 Å². The number of aryl methyl sites for hydroxylation is 1. The number of aromatic nitrogens is 2. The molecule has 5 N–H and O–H groups in total. The third kappa shape index (κ3) is 12.2. The number of hydrogen-bond acceptors (Lipinski definition) is 8. The maximum absolute atomic E-state index is 14.5. The Morgan fingerprint density at radius 1 is 0.929 bits per heavy atom. The molecule has 0 bridgehead atoms. The lowest BCUT2D eigenvalue weighted by Gasteiger charge is -2.39. The molecule has 1 saturated heterocycles. The van der Waals surface area contributed by atoms with Gasteiger partial charge in [0.05, 0.1) is 30.3 Å². The highest BCUT2D eigenvalue weighted by molar-refractivity contribution is 5.89. The van der Waals surface area contributed by atoms with Crippen molar-refractivity contribution in [1.29, 1.82) is 0 Å². The number of carbonyl (C=O) groups excluding carboxylic acids is 4. The zero-order valence-corrected chi connectivity index (χ0v) is 35.2. The molecule has 4 atom stereocenters. The van der Waals surface area contributed by atoms with Crippen LogP contribution in [-0.4, -0.2) is 111 Å². The molecule has 56 heavy (non-hydrogen) atoms. The molecule has 4 rings (SSSR count). The molecule has 0 radical (unpaired) electrons. The fraction of sp³-hybridized carbons (Fsp3) is 0.595. The lowest BCUT2D eigenvalue weighted by atomic mass is 9.84. The number of aromatic amines is 1. The van der Waals surface area contributed by atoms with E-state index in [0.717, 1.165) is 28.0 Å². The smallest absolute Gasteiger partial charge is 0.407 e. The van der Waals surface area contributed by atoms with Crippen molar-refractivity contribution >= 4 is 35.0 Å². The van der Waals surface area contributed by atoms with Crippen LogP contribution in [0.5, 0.6) is 0 Å². The maximum atomic E-state index is 14.5. The summed E-state index contributed by atoms with van der Waals surface area (Å²) in [5, 5.41) is 19.4. The Morgan fingerprint density at radius 3 is 2.21 bits per heavy atom. The second-order valence-electron chi connectivity index (χ2n) is 18.4. The van der Waals surface area contributed by atoms with Gasteiger partial charge >= 0.3 is 12.1 Å². The standard InChI is InChI=1S/C42H64N8O6/c1-27-43-30-18-17-29(24-31(30)44-27)25-48-21-22-50(39(48)55)35(42(8,9)10)37(53)45-32(23-28-15-13-12-14-16-28)33(51)26-49(20-19-40(2,3)4)47-36(52)34(41(5,6)7)46-38(54)56-11/h12-18,24,32-35,51H,19-23,25-26H2,1-11H3,(H,43,44)(H,45,53)(H,46,54)(H,47,52). The Morgan fingerprint density at radius 2 is 1.61 bits per heavy atom. The van der Waals surface area contributed by atoms with E-state index in [4.69, 9.17) is 4.74 Å². The summed E-state index contributed by atoms with van der Waals surface area (Å²) in [6, 6.07) is 12.7. The van der Waals surface area contributed by atoms with Crippen molar-refractivity contribution in [3.8, 4) is 0 Å². The first-order valence-electron chi connectivity index (χ1n) is 19.5. The zero-order valence-electron chi connectivity index (χ0n) is 35.2. The van der Waals surface area contributed by atoms with Crippen molar-refractivity contribution in [3.63, 3.8) is 0 Å². The van der Waals surface area contributed by atoms with Crippen molar-refractivity contribution in [2.45, 2.75) is 113 Å². The molecule has 2 heterocycles. The molecule has 308 valence electrons. The van der Waals surface area contributed by atoms with Gasteiger partial charge in [0, 0.05) is 32.7 Å². The number of nitrogens with zero attached hydrogens (tertiary/aromatic N) is 4. The first kappa shape index (κ1) is 44.0. The number of benzene rings is 2. The fourth-order valence-electron chi connectivity index (χ4n) is 6.99. The van der Waals surface area contributed by atoms with E-state index < -0.39 is 47.1 Å². The minimum atomic E-state index is -1.14. The number of hydrazine groups is 1. The number of nitrogens with one attached hydrogen (secondary N) is 4. The Labute approximate surface area is 332 Å². The normalized spacial score (nSPS) is 16.1. The van der Waals surface area contributed by atoms with Crippen molar-refractivity contribution in [2.24, 2.45) is 16.2 Å². The number of fused-ring (bicyclic) bond motifs is 1. The van der Waals surface area contributed by atoms with Gasteiger partial charge in [-0.25, -0.2) is 19.6 Å². The van der Waals surface area contributed by atoms with E-state index in [0.29, 0.717) is 39.0 Å². The molecule has 0 spiro atoms. The van der Waals surface area contributed by atoms with Crippen LogP contribution in [0, 0.1) is 23.2 Å². The lowest BCUT2D eigenvalue weighted by Crippen LogP contribution is -2.61. The number of alkyl carbamates (subject to hydrolysis) is 1. The summed E-state index contributed by atoms with van der Waals surface area (Å²) in [4.78, 5) is 65.6. The molecule has 5 amide bonds. The quantitative estimate of drug-likeness (QED) is 0.132. The summed E-state index contributed by atoms with van der Waals surface area (Å²) in [7, 11) is 1.24. The van der Waals surface area contributed by atoms with Crippen LogP contribution in [-0.2, 0) is 27.3 Å².